The van der Waals surface area contributed by atoms with Crippen LogP contribution in [0, 0.1) is 5.92 Å². The van der Waals surface area contributed by atoms with E-state index in [0.717, 1.165) is 18.7 Å². The maximum absolute atomic E-state index is 13.4. The van der Waals surface area contributed by atoms with Crippen LogP contribution in [0.4, 0.5) is 0 Å². The van der Waals surface area contributed by atoms with Gasteiger partial charge in [0, 0.05) is 32.6 Å². The molecule has 3 rings (SSSR count). The molecule has 2 fully saturated rings. The minimum Gasteiger partial charge on any atom is -0.339 e. The van der Waals surface area contributed by atoms with Crippen LogP contribution in [0.1, 0.15) is 57.6 Å². The molecule has 0 N–H and O–H groups in total. The Morgan fingerprint density at radius 2 is 1.54 bits per heavy atom. The van der Waals surface area contributed by atoms with E-state index in [1.165, 1.54) is 25.7 Å². The van der Waals surface area contributed by atoms with Crippen LogP contribution in [0.3, 0.4) is 0 Å². The normalized spacial score (nSPS) is 19.2. The monoisotopic (exact) mass is 385 g/mol. The highest BCUT2D eigenvalue weighted by Gasteiger charge is 2.33. The molecule has 1 unspecified atom stereocenters. The van der Waals surface area contributed by atoms with Crippen LogP contribution in [0.5, 0.6) is 0 Å². The molecule has 2 aliphatic rings. The SMILES string of the molecule is CCN(CC)C(C(=O)N1CCN(C(=O)CC2CCCC2)CC1)c1ccccc1. The van der Waals surface area contributed by atoms with E-state index in [4.69, 9.17) is 0 Å². The van der Waals surface area contributed by atoms with Gasteiger partial charge in [-0.05, 0) is 37.4 Å². The summed E-state index contributed by atoms with van der Waals surface area (Å²) in [5.74, 6) is 1.03. The third-order valence-electron chi connectivity index (χ3n) is 6.41. The number of benzene rings is 1. The van der Waals surface area contributed by atoms with Gasteiger partial charge in [-0.3, -0.25) is 14.5 Å². The highest BCUT2D eigenvalue weighted by atomic mass is 16.2. The highest BCUT2D eigenvalue weighted by molar-refractivity contribution is 5.84. The topological polar surface area (TPSA) is 43.9 Å². The number of carbonyl (C=O) groups excluding carboxylic acids is 2. The van der Waals surface area contributed by atoms with Crippen molar-refractivity contribution in [3.63, 3.8) is 0 Å². The van der Waals surface area contributed by atoms with Gasteiger partial charge < -0.3 is 9.80 Å². The fraction of sp³-hybridized carbons (Fsp3) is 0.652. The molecule has 1 atom stereocenters. The zero-order chi connectivity index (χ0) is 19.9. The second-order valence-electron chi connectivity index (χ2n) is 8.10. The molecule has 1 aromatic carbocycles. The molecular weight excluding hydrogens is 350 g/mol. The predicted molar refractivity (Wildman–Crippen MR) is 112 cm³/mol. The molecule has 0 radical (unpaired) electrons. The minimum absolute atomic E-state index is 0.165. The third-order valence-corrected chi connectivity index (χ3v) is 6.41. The Morgan fingerprint density at radius 3 is 2.11 bits per heavy atom. The molecule has 1 aliphatic carbocycles. The van der Waals surface area contributed by atoms with E-state index in [2.05, 4.69) is 18.7 Å². The number of piperazine rings is 1. The van der Waals surface area contributed by atoms with E-state index < -0.39 is 0 Å². The third kappa shape index (κ3) is 4.93. The molecule has 0 bridgehead atoms. The maximum atomic E-state index is 13.4. The maximum Gasteiger partial charge on any atom is 0.244 e. The van der Waals surface area contributed by atoms with Crippen LogP contribution in [-0.2, 0) is 9.59 Å². The molecule has 5 heteroatoms. The van der Waals surface area contributed by atoms with E-state index in [1.807, 2.05) is 40.1 Å². The molecular formula is C23H35N3O2. The average Bonchev–Trinajstić information content (AvgIpc) is 3.25. The quantitative estimate of drug-likeness (QED) is 0.723. The molecule has 0 aromatic heterocycles. The lowest BCUT2D eigenvalue weighted by molar-refractivity contribution is -0.143. The largest absolute Gasteiger partial charge is 0.339 e. The number of carbonyl (C=O) groups is 2. The number of amides is 2. The summed E-state index contributed by atoms with van der Waals surface area (Å²) in [6, 6.07) is 9.83. The van der Waals surface area contributed by atoms with Crippen molar-refractivity contribution in [2.45, 2.75) is 52.0 Å². The Kier molecular flexibility index (Phi) is 7.49. The van der Waals surface area contributed by atoms with Gasteiger partial charge in [-0.1, -0.05) is 57.0 Å². The van der Waals surface area contributed by atoms with E-state index in [-0.39, 0.29) is 17.9 Å². The smallest absolute Gasteiger partial charge is 0.244 e. The van der Waals surface area contributed by atoms with E-state index in [9.17, 15) is 9.59 Å². The lowest BCUT2D eigenvalue weighted by Crippen LogP contribution is -2.53. The van der Waals surface area contributed by atoms with Gasteiger partial charge in [0.15, 0.2) is 0 Å². The van der Waals surface area contributed by atoms with Crippen LogP contribution >= 0.6 is 0 Å². The van der Waals surface area contributed by atoms with E-state index >= 15 is 0 Å². The molecule has 28 heavy (non-hydrogen) atoms. The molecule has 0 spiro atoms. The van der Waals surface area contributed by atoms with Crippen molar-refractivity contribution in [3.8, 4) is 0 Å². The molecule has 154 valence electrons. The van der Waals surface area contributed by atoms with Gasteiger partial charge >= 0.3 is 0 Å². The van der Waals surface area contributed by atoms with Crippen molar-refractivity contribution >= 4 is 11.8 Å². The van der Waals surface area contributed by atoms with Crippen LogP contribution < -0.4 is 0 Å². The lowest BCUT2D eigenvalue weighted by Gasteiger charge is -2.39. The Morgan fingerprint density at radius 1 is 0.964 bits per heavy atom. The first-order valence-corrected chi connectivity index (χ1v) is 11.0. The predicted octanol–water partition coefficient (Wildman–Crippen LogP) is 3.32. The minimum atomic E-state index is -0.239. The Bertz CT molecular complexity index is 631. The molecule has 1 heterocycles. The molecule has 1 saturated carbocycles. The van der Waals surface area contributed by atoms with Crippen molar-refractivity contribution < 1.29 is 9.59 Å². The number of nitrogens with zero attached hydrogens (tertiary/aromatic N) is 3. The first kappa shape index (κ1) is 20.8. The molecule has 1 aliphatic heterocycles. The van der Waals surface area contributed by atoms with Crippen LogP contribution in [0.2, 0.25) is 0 Å². The first-order chi connectivity index (χ1) is 13.6. The zero-order valence-corrected chi connectivity index (χ0v) is 17.5. The van der Waals surface area contributed by atoms with Crippen molar-refractivity contribution in [1.82, 2.24) is 14.7 Å². The van der Waals surface area contributed by atoms with Crippen molar-refractivity contribution in [2.24, 2.45) is 5.92 Å². The van der Waals surface area contributed by atoms with Crippen molar-refractivity contribution in [3.05, 3.63) is 35.9 Å². The number of likely N-dealkylation sites (N-methyl/N-ethyl adjacent to an activating group) is 1. The van der Waals surface area contributed by atoms with Crippen molar-refractivity contribution in [2.75, 3.05) is 39.3 Å². The summed E-state index contributed by atoms with van der Waals surface area (Å²) in [7, 11) is 0. The summed E-state index contributed by atoms with van der Waals surface area (Å²) in [6.07, 6.45) is 5.64. The zero-order valence-electron chi connectivity index (χ0n) is 17.5. The Hall–Kier alpha value is -1.88. The number of hydrogen-bond acceptors (Lipinski definition) is 3. The standard InChI is InChI=1S/C23H35N3O2/c1-3-24(4-2)22(20-12-6-5-7-13-20)23(28)26-16-14-25(15-17-26)21(27)18-19-10-8-9-11-19/h5-7,12-13,19,22H,3-4,8-11,14-18H2,1-2H3. The van der Waals surface area contributed by atoms with Gasteiger partial charge in [0.1, 0.15) is 6.04 Å². The molecule has 1 aromatic rings. The Balaban J connectivity index is 1.61. The van der Waals surface area contributed by atoms with E-state index in [1.54, 1.807) is 0 Å². The summed E-state index contributed by atoms with van der Waals surface area (Å²) >= 11 is 0. The van der Waals surface area contributed by atoms with Gasteiger partial charge in [-0.2, -0.15) is 0 Å². The summed E-state index contributed by atoms with van der Waals surface area (Å²) in [4.78, 5) is 32.1. The lowest BCUT2D eigenvalue weighted by atomic mass is 10.0. The van der Waals surface area contributed by atoms with Crippen molar-refractivity contribution in [1.29, 1.82) is 0 Å². The van der Waals surface area contributed by atoms with Crippen LogP contribution in [0.25, 0.3) is 0 Å². The second-order valence-corrected chi connectivity index (χ2v) is 8.10. The molecule has 5 nitrogen and oxygen atoms in total. The highest BCUT2D eigenvalue weighted by Crippen LogP contribution is 2.28. The summed E-state index contributed by atoms with van der Waals surface area (Å²) in [6.45, 7) is 8.48. The Labute approximate surface area is 169 Å². The van der Waals surface area contributed by atoms with Gasteiger partial charge in [0.05, 0.1) is 0 Å². The fourth-order valence-corrected chi connectivity index (χ4v) is 4.67. The average molecular weight is 386 g/mol. The molecule has 2 amide bonds. The fourth-order valence-electron chi connectivity index (χ4n) is 4.67. The first-order valence-electron chi connectivity index (χ1n) is 11.0. The second kappa shape index (κ2) is 10.1. The molecule has 1 saturated heterocycles. The number of hydrogen-bond donors (Lipinski definition) is 0. The number of rotatable bonds is 7. The van der Waals surface area contributed by atoms with Gasteiger partial charge in [0.25, 0.3) is 0 Å². The van der Waals surface area contributed by atoms with Crippen LogP contribution in [0.15, 0.2) is 30.3 Å². The summed E-state index contributed by atoms with van der Waals surface area (Å²) in [5, 5.41) is 0. The summed E-state index contributed by atoms with van der Waals surface area (Å²) < 4.78 is 0. The van der Waals surface area contributed by atoms with Gasteiger partial charge in [0.2, 0.25) is 11.8 Å². The van der Waals surface area contributed by atoms with Gasteiger partial charge in [-0.25, -0.2) is 0 Å². The van der Waals surface area contributed by atoms with Gasteiger partial charge in [-0.15, -0.1) is 0 Å². The van der Waals surface area contributed by atoms with Crippen LogP contribution in [-0.4, -0.2) is 65.8 Å². The van der Waals surface area contributed by atoms with E-state index in [0.29, 0.717) is 38.5 Å². The summed E-state index contributed by atoms with van der Waals surface area (Å²) in [5.41, 5.74) is 1.05.